The van der Waals surface area contributed by atoms with E-state index in [9.17, 15) is 0 Å². The topological polar surface area (TPSA) is 24.9 Å². The molecule has 1 unspecified atom stereocenters. The second-order valence-corrected chi connectivity index (χ2v) is 6.54. The van der Waals surface area contributed by atoms with Crippen molar-refractivity contribution in [3.05, 3.63) is 64.7 Å². The van der Waals surface area contributed by atoms with Crippen molar-refractivity contribution in [3.8, 4) is 0 Å². The molecule has 2 atom stereocenters. The Morgan fingerprint density at radius 2 is 1.71 bits per heavy atom. The van der Waals surface area contributed by atoms with E-state index >= 15 is 0 Å². The lowest BCUT2D eigenvalue weighted by molar-refractivity contribution is 0.494. The van der Waals surface area contributed by atoms with Gasteiger partial charge in [0, 0.05) is 18.3 Å². The molecule has 0 bridgehead atoms. The van der Waals surface area contributed by atoms with Crippen molar-refractivity contribution in [1.29, 1.82) is 0 Å². The first-order valence-electron chi connectivity index (χ1n) is 7.29. The Kier molecular flexibility index (Phi) is 4.04. The molecular formula is C18H20N2S. The lowest BCUT2D eigenvalue weighted by Gasteiger charge is -2.20. The summed E-state index contributed by atoms with van der Waals surface area (Å²) in [5.41, 5.74) is 4.94. The lowest BCUT2D eigenvalue weighted by atomic mass is 10.0. The van der Waals surface area contributed by atoms with Gasteiger partial charge in [-0.1, -0.05) is 29.8 Å². The number of pyridine rings is 1. The lowest BCUT2D eigenvalue weighted by Crippen LogP contribution is -2.22. The van der Waals surface area contributed by atoms with Crippen molar-refractivity contribution in [3.63, 3.8) is 0 Å². The molecule has 1 N–H and O–H groups in total. The summed E-state index contributed by atoms with van der Waals surface area (Å²) in [5, 5.41) is 5.75. The maximum Gasteiger partial charge on any atom is 0.0809 e. The van der Waals surface area contributed by atoms with Gasteiger partial charge < -0.3 is 5.32 Å². The highest BCUT2D eigenvalue weighted by atomic mass is 32.1. The third-order valence-electron chi connectivity index (χ3n) is 3.90. The highest BCUT2D eigenvalue weighted by molar-refractivity contribution is 7.17. The van der Waals surface area contributed by atoms with Crippen LogP contribution in [0.2, 0.25) is 0 Å². The highest BCUT2D eigenvalue weighted by Crippen LogP contribution is 2.24. The first kappa shape index (κ1) is 14.2. The number of fused-ring (bicyclic) bond motifs is 1. The van der Waals surface area contributed by atoms with Gasteiger partial charge in [0.05, 0.1) is 10.2 Å². The van der Waals surface area contributed by atoms with Crippen LogP contribution in [-0.4, -0.2) is 4.98 Å². The van der Waals surface area contributed by atoms with Gasteiger partial charge in [0.1, 0.15) is 0 Å². The van der Waals surface area contributed by atoms with Gasteiger partial charge >= 0.3 is 0 Å². The van der Waals surface area contributed by atoms with E-state index in [-0.39, 0.29) is 6.04 Å². The fourth-order valence-electron chi connectivity index (χ4n) is 2.52. The molecule has 2 nitrogen and oxygen atoms in total. The molecule has 108 valence electrons. The summed E-state index contributed by atoms with van der Waals surface area (Å²) in [6, 6.07) is 13.6. The van der Waals surface area contributed by atoms with Gasteiger partial charge in [0.15, 0.2) is 0 Å². The largest absolute Gasteiger partial charge is 0.304 e. The Bertz CT molecular complexity index is 730. The summed E-state index contributed by atoms with van der Waals surface area (Å²) in [5.74, 6) is 0. The van der Waals surface area contributed by atoms with Crippen LogP contribution >= 0.6 is 11.3 Å². The van der Waals surface area contributed by atoms with E-state index < -0.39 is 0 Å². The van der Waals surface area contributed by atoms with Crippen LogP contribution in [-0.2, 0) is 0 Å². The first-order chi connectivity index (χ1) is 10.1. The maximum atomic E-state index is 4.52. The molecular weight excluding hydrogens is 276 g/mol. The Hall–Kier alpha value is -1.71. The van der Waals surface area contributed by atoms with Crippen LogP contribution in [0, 0.1) is 6.92 Å². The molecule has 2 aromatic heterocycles. The molecule has 3 rings (SSSR count). The minimum absolute atomic E-state index is 0.278. The van der Waals surface area contributed by atoms with E-state index in [1.807, 2.05) is 6.20 Å². The van der Waals surface area contributed by atoms with Gasteiger partial charge in [-0.25, -0.2) is 0 Å². The van der Waals surface area contributed by atoms with Crippen LogP contribution in [0.25, 0.3) is 10.2 Å². The fourth-order valence-corrected chi connectivity index (χ4v) is 3.31. The van der Waals surface area contributed by atoms with Crippen LogP contribution in [0.3, 0.4) is 0 Å². The second kappa shape index (κ2) is 5.96. The number of rotatable bonds is 4. The van der Waals surface area contributed by atoms with Crippen LogP contribution in [0.15, 0.2) is 48.0 Å². The summed E-state index contributed by atoms with van der Waals surface area (Å²) in [6.07, 6.45) is 1.98. The minimum atomic E-state index is 0.278. The number of hydrogen-bond acceptors (Lipinski definition) is 3. The van der Waals surface area contributed by atoms with Crippen LogP contribution in [0.1, 0.15) is 42.6 Å². The maximum absolute atomic E-state index is 4.52. The molecule has 0 aliphatic rings. The average molecular weight is 296 g/mol. The summed E-state index contributed by atoms with van der Waals surface area (Å²) in [4.78, 5) is 4.52. The monoisotopic (exact) mass is 296 g/mol. The molecule has 0 saturated heterocycles. The normalized spacial score (nSPS) is 14.2. The van der Waals surface area contributed by atoms with Crippen molar-refractivity contribution in [2.24, 2.45) is 0 Å². The van der Waals surface area contributed by atoms with Crippen LogP contribution in [0.5, 0.6) is 0 Å². The van der Waals surface area contributed by atoms with Gasteiger partial charge in [-0.05, 0) is 49.4 Å². The molecule has 3 heteroatoms. The number of nitrogens with one attached hydrogen (secondary N) is 1. The van der Waals surface area contributed by atoms with E-state index in [0.29, 0.717) is 6.04 Å². The zero-order chi connectivity index (χ0) is 14.8. The van der Waals surface area contributed by atoms with Gasteiger partial charge in [0.25, 0.3) is 0 Å². The van der Waals surface area contributed by atoms with Crippen molar-refractivity contribution in [2.45, 2.75) is 32.9 Å². The summed E-state index contributed by atoms with van der Waals surface area (Å²) in [6.45, 7) is 6.52. The molecule has 0 saturated carbocycles. The number of nitrogens with zero attached hydrogens (tertiary/aromatic N) is 1. The van der Waals surface area contributed by atoms with E-state index in [1.165, 1.54) is 21.4 Å². The molecule has 21 heavy (non-hydrogen) atoms. The quantitative estimate of drug-likeness (QED) is 0.731. The standard InChI is InChI=1S/C18H20N2S/c1-12-4-6-15(7-5-12)13(2)20-14(3)16-10-18-17(19-11-16)8-9-21-18/h4-11,13-14,20H,1-3H3/t13-,14?/m0/s1. The molecule has 0 aliphatic heterocycles. The van der Waals surface area contributed by atoms with Crippen molar-refractivity contribution < 1.29 is 0 Å². The van der Waals surface area contributed by atoms with Crippen molar-refractivity contribution in [1.82, 2.24) is 10.3 Å². The molecule has 0 radical (unpaired) electrons. The van der Waals surface area contributed by atoms with Gasteiger partial charge in [-0.2, -0.15) is 0 Å². The molecule has 1 aromatic carbocycles. The zero-order valence-electron chi connectivity index (χ0n) is 12.6. The Balaban J connectivity index is 1.75. The number of aromatic nitrogens is 1. The Morgan fingerprint density at radius 3 is 2.48 bits per heavy atom. The number of benzene rings is 1. The van der Waals surface area contributed by atoms with E-state index in [0.717, 1.165) is 5.52 Å². The molecule has 2 heterocycles. The first-order valence-corrected chi connectivity index (χ1v) is 8.17. The van der Waals surface area contributed by atoms with Crippen LogP contribution in [0.4, 0.5) is 0 Å². The van der Waals surface area contributed by atoms with Crippen molar-refractivity contribution >= 4 is 21.6 Å². The van der Waals surface area contributed by atoms with E-state index in [2.05, 4.69) is 72.9 Å². The molecule has 0 fully saturated rings. The fraction of sp³-hybridized carbons (Fsp3) is 0.278. The third-order valence-corrected chi connectivity index (χ3v) is 4.75. The molecule has 0 spiro atoms. The zero-order valence-corrected chi connectivity index (χ0v) is 13.4. The van der Waals surface area contributed by atoms with E-state index in [4.69, 9.17) is 0 Å². The predicted octanol–water partition coefficient (Wildman–Crippen LogP) is 5.02. The van der Waals surface area contributed by atoms with Crippen LogP contribution < -0.4 is 5.32 Å². The minimum Gasteiger partial charge on any atom is -0.304 e. The molecule has 3 aromatic rings. The second-order valence-electron chi connectivity index (χ2n) is 5.59. The third kappa shape index (κ3) is 3.14. The summed E-state index contributed by atoms with van der Waals surface area (Å²) < 4.78 is 1.25. The SMILES string of the molecule is Cc1ccc([C@H](C)NC(C)c2cnc3ccsc3c2)cc1. The van der Waals surface area contributed by atoms with Gasteiger partial charge in [-0.3, -0.25) is 4.98 Å². The number of thiophene rings is 1. The molecule has 0 amide bonds. The van der Waals surface area contributed by atoms with Gasteiger partial charge in [0.2, 0.25) is 0 Å². The highest BCUT2D eigenvalue weighted by Gasteiger charge is 2.12. The molecule has 0 aliphatic carbocycles. The van der Waals surface area contributed by atoms with Gasteiger partial charge in [-0.15, -0.1) is 11.3 Å². The Labute approximate surface area is 129 Å². The summed E-state index contributed by atoms with van der Waals surface area (Å²) in [7, 11) is 0. The van der Waals surface area contributed by atoms with Crippen molar-refractivity contribution in [2.75, 3.05) is 0 Å². The predicted molar refractivity (Wildman–Crippen MR) is 90.8 cm³/mol. The summed E-state index contributed by atoms with van der Waals surface area (Å²) >= 11 is 1.75. The smallest absolute Gasteiger partial charge is 0.0809 e. The Morgan fingerprint density at radius 1 is 1.00 bits per heavy atom. The number of aryl methyl sites for hydroxylation is 1. The van der Waals surface area contributed by atoms with E-state index in [1.54, 1.807) is 11.3 Å². The average Bonchev–Trinajstić information content (AvgIpc) is 2.95. The number of hydrogen-bond donors (Lipinski definition) is 1.